The Bertz CT molecular complexity index is 1030. The summed E-state index contributed by atoms with van der Waals surface area (Å²) >= 11 is 3.60. The van der Waals surface area contributed by atoms with Crippen LogP contribution in [-0.2, 0) is 0 Å². The fourth-order valence-corrected chi connectivity index (χ4v) is 4.28. The van der Waals surface area contributed by atoms with Gasteiger partial charge in [-0.3, -0.25) is 0 Å². The number of nitriles is 1. The summed E-state index contributed by atoms with van der Waals surface area (Å²) < 4.78 is 7.53. The minimum Gasteiger partial charge on any atom is -0.481 e. The second kappa shape index (κ2) is 7.20. The number of pyridine rings is 1. The van der Waals surface area contributed by atoms with Crippen LogP contribution >= 0.6 is 15.9 Å². The predicted molar refractivity (Wildman–Crippen MR) is 108 cm³/mol. The maximum absolute atomic E-state index is 9.32. The van der Waals surface area contributed by atoms with Crippen molar-refractivity contribution in [1.82, 2.24) is 19.6 Å². The number of methoxy groups -OCH3 is 1. The third kappa shape index (κ3) is 3.14. The lowest BCUT2D eigenvalue weighted by atomic mass is 9.41. The molecule has 0 aliphatic carbocycles. The first-order valence-electron chi connectivity index (χ1n) is 8.85. The Kier molecular flexibility index (Phi) is 4.74. The van der Waals surface area contributed by atoms with Gasteiger partial charge in [0.25, 0.3) is 6.71 Å². The van der Waals surface area contributed by atoms with Gasteiger partial charge in [-0.05, 0) is 34.3 Å². The third-order valence-corrected chi connectivity index (χ3v) is 5.96. The van der Waals surface area contributed by atoms with Crippen molar-refractivity contribution in [2.45, 2.75) is 31.4 Å². The Morgan fingerprint density at radius 2 is 2.26 bits per heavy atom. The molecule has 1 aliphatic heterocycles. The van der Waals surface area contributed by atoms with Crippen LogP contribution in [0.15, 0.2) is 29.0 Å². The Morgan fingerprint density at radius 3 is 2.96 bits per heavy atom. The van der Waals surface area contributed by atoms with Crippen molar-refractivity contribution >= 4 is 34.1 Å². The molecule has 7 nitrogen and oxygen atoms in total. The second-order valence-electron chi connectivity index (χ2n) is 6.77. The summed E-state index contributed by atoms with van der Waals surface area (Å²) in [7, 11) is 1.59. The number of hydrogen-bond acceptors (Lipinski definition) is 6. The highest BCUT2D eigenvalue weighted by Crippen LogP contribution is 2.39. The molecule has 27 heavy (non-hydrogen) atoms. The summed E-state index contributed by atoms with van der Waals surface area (Å²) in [6.45, 7) is 0.0741. The van der Waals surface area contributed by atoms with Gasteiger partial charge in [-0.15, -0.1) is 0 Å². The highest BCUT2D eigenvalue weighted by molar-refractivity contribution is 9.10. The number of aromatic nitrogens is 4. The first kappa shape index (κ1) is 17.8. The smallest absolute Gasteiger partial charge is 0.268 e. The number of rotatable bonds is 3. The van der Waals surface area contributed by atoms with Gasteiger partial charge in [-0.2, -0.15) is 9.61 Å². The average molecular weight is 425 g/mol. The van der Waals surface area contributed by atoms with Gasteiger partial charge < -0.3 is 10.5 Å². The molecule has 3 aromatic heterocycles. The summed E-state index contributed by atoms with van der Waals surface area (Å²) in [6.07, 6.45) is 7.28. The number of nitrogen functional groups attached to an aromatic ring is 1. The van der Waals surface area contributed by atoms with E-state index in [2.05, 4.69) is 32.0 Å². The number of halogens is 1. The SMILES string of the molecule is COc1ccc(-c2cnn3c(N)c(Br)c(C4CCCB(C#N)C4)nc23)cn1. The molecule has 0 saturated carbocycles. The van der Waals surface area contributed by atoms with Crippen molar-refractivity contribution in [2.24, 2.45) is 0 Å². The van der Waals surface area contributed by atoms with Crippen LogP contribution in [0.2, 0.25) is 12.6 Å². The van der Waals surface area contributed by atoms with Crippen molar-refractivity contribution in [3.63, 3.8) is 0 Å². The molecule has 0 bridgehead atoms. The van der Waals surface area contributed by atoms with Crippen molar-refractivity contribution < 1.29 is 4.74 Å². The third-order valence-electron chi connectivity index (χ3n) is 5.15. The molecule has 1 atom stereocenters. The number of nitrogens with two attached hydrogens (primary N) is 1. The molecule has 4 rings (SSSR count). The van der Waals surface area contributed by atoms with E-state index in [0.717, 1.165) is 46.8 Å². The maximum atomic E-state index is 9.32. The molecule has 2 N–H and O–H groups in total. The molecular formula is C18H18BBrN6O. The van der Waals surface area contributed by atoms with Crippen molar-refractivity contribution in [2.75, 3.05) is 12.8 Å². The molecule has 1 unspecified atom stereocenters. The number of hydrogen-bond donors (Lipinski definition) is 1. The van der Waals surface area contributed by atoms with Gasteiger partial charge in [0.15, 0.2) is 5.65 Å². The number of fused-ring (bicyclic) bond motifs is 1. The quantitative estimate of drug-likeness (QED) is 0.644. The first-order chi connectivity index (χ1) is 13.1. The lowest BCUT2D eigenvalue weighted by molar-refractivity contribution is 0.398. The van der Waals surface area contributed by atoms with Gasteiger partial charge in [0.1, 0.15) is 5.82 Å². The number of nitrogens with zero attached hydrogens (tertiary/aromatic N) is 5. The summed E-state index contributed by atoms with van der Waals surface area (Å²) in [4.78, 5) is 9.18. The molecule has 3 aromatic rings. The molecule has 4 heterocycles. The second-order valence-corrected chi connectivity index (χ2v) is 7.56. The lowest BCUT2D eigenvalue weighted by Gasteiger charge is -2.24. The fourth-order valence-electron chi connectivity index (χ4n) is 3.70. The molecule has 0 aromatic carbocycles. The van der Waals surface area contributed by atoms with E-state index < -0.39 is 0 Å². The summed E-state index contributed by atoms with van der Waals surface area (Å²) in [6, 6.07) is 3.73. The van der Waals surface area contributed by atoms with Gasteiger partial charge in [0.05, 0.1) is 23.5 Å². The van der Waals surface area contributed by atoms with Crippen LogP contribution in [0.4, 0.5) is 5.82 Å². The average Bonchev–Trinajstić information content (AvgIpc) is 3.15. The van der Waals surface area contributed by atoms with Crippen LogP contribution in [0, 0.1) is 11.2 Å². The minimum absolute atomic E-state index is 0.0741. The van der Waals surface area contributed by atoms with E-state index in [1.807, 2.05) is 6.07 Å². The van der Waals surface area contributed by atoms with E-state index >= 15 is 0 Å². The molecule has 1 fully saturated rings. The lowest BCUT2D eigenvalue weighted by Crippen LogP contribution is -2.21. The molecule has 1 aliphatic rings. The normalized spacial score (nSPS) is 17.1. The standard InChI is InChI=1S/C18H18BBrN6O/c1-27-14-5-4-12(8-23-14)13-9-24-26-17(22)15(20)16(25-18(13)26)11-3-2-6-19(7-11)10-21/h4-5,8-9,11H,2-3,6-7,22H2,1H3. The fraction of sp³-hybridized carbons (Fsp3) is 0.333. The van der Waals surface area contributed by atoms with Crippen LogP contribution in [0.25, 0.3) is 16.8 Å². The van der Waals surface area contributed by atoms with Crippen molar-refractivity contribution in [1.29, 1.82) is 5.26 Å². The minimum atomic E-state index is 0.0741. The van der Waals surface area contributed by atoms with E-state index in [-0.39, 0.29) is 12.6 Å². The van der Waals surface area contributed by atoms with E-state index in [9.17, 15) is 5.26 Å². The molecule has 1 saturated heterocycles. The van der Waals surface area contributed by atoms with Crippen LogP contribution in [-0.4, -0.2) is 33.4 Å². The van der Waals surface area contributed by atoms with Crippen LogP contribution in [0.3, 0.4) is 0 Å². The topological polar surface area (TPSA) is 102 Å². The molecular weight excluding hydrogens is 407 g/mol. The van der Waals surface area contributed by atoms with Gasteiger partial charge in [0.2, 0.25) is 5.88 Å². The van der Waals surface area contributed by atoms with E-state index in [0.29, 0.717) is 17.3 Å². The van der Waals surface area contributed by atoms with Gasteiger partial charge in [-0.1, -0.05) is 19.1 Å². The Balaban J connectivity index is 1.82. The van der Waals surface area contributed by atoms with Crippen LogP contribution < -0.4 is 10.5 Å². The first-order valence-corrected chi connectivity index (χ1v) is 9.64. The Hall–Kier alpha value is -2.60. The van der Waals surface area contributed by atoms with Gasteiger partial charge in [-0.25, -0.2) is 15.2 Å². The van der Waals surface area contributed by atoms with Crippen LogP contribution in [0.5, 0.6) is 5.88 Å². The van der Waals surface area contributed by atoms with Crippen LogP contribution in [0.1, 0.15) is 24.5 Å². The summed E-state index contributed by atoms with van der Waals surface area (Å²) in [5, 5.41) is 13.7. The van der Waals surface area contributed by atoms with E-state index in [1.54, 1.807) is 30.1 Å². The highest BCUT2D eigenvalue weighted by atomic mass is 79.9. The number of ether oxygens (including phenoxy) is 1. The largest absolute Gasteiger partial charge is 0.481 e. The zero-order valence-electron chi connectivity index (χ0n) is 14.9. The summed E-state index contributed by atoms with van der Waals surface area (Å²) in [5.74, 6) is 3.68. The molecule has 0 amide bonds. The monoisotopic (exact) mass is 424 g/mol. The molecule has 0 spiro atoms. The maximum Gasteiger partial charge on any atom is 0.268 e. The Labute approximate surface area is 165 Å². The zero-order valence-corrected chi connectivity index (χ0v) is 16.5. The van der Waals surface area contributed by atoms with Gasteiger partial charge >= 0.3 is 0 Å². The van der Waals surface area contributed by atoms with Crippen molar-refractivity contribution in [3.8, 4) is 23.0 Å². The predicted octanol–water partition coefficient (Wildman–Crippen LogP) is 3.58. The zero-order chi connectivity index (χ0) is 19.0. The molecule has 0 radical (unpaired) electrons. The molecule has 9 heteroatoms. The van der Waals surface area contributed by atoms with Gasteiger partial charge in [0, 0.05) is 29.4 Å². The summed E-state index contributed by atoms with van der Waals surface area (Å²) in [5.41, 5.74) is 9.69. The Morgan fingerprint density at radius 1 is 1.41 bits per heavy atom. The molecule has 136 valence electrons. The highest BCUT2D eigenvalue weighted by Gasteiger charge is 2.30. The van der Waals surface area contributed by atoms with E-state index in [1.165, 1.54) is 0 Å². The van der Waals surface area contributed by atoms with E-state index in [4.69, 9.17) is 15.5 Å². The van der Waals surface area contributed by atoms with Crippen molar-refractivity contribution in [3.05, 3.63) is 34.7 Å². The number of anilines is 1.